The number of unbranched alkanes of at least 4 members (excludes halogenated alkanes) is 1. The van der Waals surface area contributed by atoms with Crippen molar-refractivity contribution in [2.75, 3.05) is 11.1 Å². The summed E-state index contributed by atoms with van der Waals surface area (Å²) in [6, 6.07) is 8.79. The second-order valence-electron chi connectivity index (χ2n) is 4.23. The summed E-state index contributed by atoms with van der Waals surface area (Å²) >= 11 is 0. The van der Waals surface area contributed by atoms with Gasteiger partial charge in [-0.15, -0.1) is 0 Å². The van der Waals surface area contributed by atoms with Crippen molar-refractivity contribution >= 4 is 22.4 Å². The zero-order chi connectivity index (χ0) is 14.3. The Morgan fingerprint density at radius 1 is 1.47 bits per heavy atom. The zero-order valence-corrected chi connectivity index (χ0v) is 12.0. The zero-order valence-electron chi connectivity index (χ0n) is 11.2. The second-order valence-corrected chi connectivity index (χ2v) is 6.10. The third-order valence-electron chi connectivity index (χ3n) is 2.77. The SMILES string of the molecule is CCCCS(=O)C(C)C(=O)Nc1ccccc1C#N. The quantitative estimate of drug-likeness (QED) is 0.868. The highest BCUT2D eigenvalue weighted by molar-refractivity contribution is 7.86. The number of hydrogen-bond acceptors (Lipinski definition) is 3. The first kappa shape index (κ1) is 15.4. The molecular formula is C14H18N2O2S. The summed E-state index contributed by atoms with van der Waals surface area (Å²) in [5.74, 6) is 0.225. The Labute approximate surface area is 116 Å². The predicted molar refractivity (Wildman–Crippen MR) is 77.2 cm³/mol. The van der Waals surface area contributed by atoms with E-state index in [-0.39, 0.29) is 5.91 Å². The van der Waals surface area contributed by atoms with Crippen molar-refractivity contribution in [1.82, 2.24) is 0 Å². The average Bonchev–Trinajstić information content (AvgIpc) is 2.44. The summed E-state index contributed by atoms with van der Waals surface area (Å²) < 4.78 is 11.9. The Kier molecular flexibility index (Phi) is 6.23. The molecule has 2 unspecified atom stereocenters. The first-order valence-corrected chi connectivity index (χ1v) is 7.65. The average molecular weight is 278 g/mol. The van der Waals surface area contributed by atoms with E-state index in [4.69, 9.17) is 5.26 Å². The first-order valence-electron chi connectivity index (χ1n) is 6.27. The van der Waals surface area contributed by atoms with E-state index < -0.39 is 16.0 Å². The van der Waals surface area contributed by atoms with Gasteiger partial charge in [0.25, 0.3) is 0 Å². The number of anilines is 1. The van der Waals surface area contributed by atoms with Gasteiger partial charge in [-0.05, 0) is 25.5 Å². The molecule has 1 rings (SSSR count). The maximum Gasteiger partial charge on any atom is 0.239 e. The highest BCUT2D eigenvalue weighted by atomic mass is 32.2. The topological polar surface area (TPSA) is 70.0 Å². The number of carbonyl (C=O) groups excluding carboxylic acids is 1. The number of nitriles is 1. The van der Waals surface area contributed by atoms with Gasteiger partial charge in [0.2, 0.25) is 5.91 Å². The molecule has 1 N–H and O–H groups in total. The minimum atomic E-state index is -1.17. The van der Waals surface area contributed by atoms with Crippen LogP contribution in [0.3, 0.4) is 0 Å². The fourth-order valence-corrected chi connectivity index (χ4v) is 2.73. The largest absolute Gasteiger partial charge is 0.324 e. The summed E-state index contributed by atoms with van der Waals surface area (Å²) in [6.07, 6.45) is 1.80. The van der Waals surface area contributed by atoms with Crippen LogP contribution in [0.15, 0.2) is 24.3 Å². The summed E-state index contributed by atoms with van der Waals surface area (Å²) in [4.78, 5) is 12.0. The van der Waals surface area contributed by atoms with Gasteiger partial charge in [0, 0.05) is 16.6 Å². The molecule has 19 heavy (non-hydrogen) atoms. The molecule has 0 saturated carbocycles. The lowest BCUT2D eigenvalue weighted by Gasteiger charge is -2.12. The molecule has 4 nitrogen and oxygen atoms in total. The molecule has 0 aliphatic carbocycles. The maximum absolute atomic E-state index is 12.0. The van der Waals surface area contributed by atoms with Gasteiger partial charge in [-0.1, -0.05) is 25.5 Å². The van der Waals surface area contributed by atoms with Gasteiger partial charge in [-0.3, -0.25) is 9.00 Å². The fraction of sp³-hybridized carbons (Fsp3) is 0.429. The number of amides is 1. The van der Waals surface area contributed by atoms with Crippen LogP contribution in [-0.2, 0) is 15.6 Å². The van der Waals surface area contributed by atoms with Crippen molar-refractivity contribution in [3.05, 3.63) is 29.8 Å². The summed E-state index contributed by atoms with van der Waals surface area (Å²) in [7, 11) is -1.17. The van der Waals surface area contributed by atoms with E-state index in [0.29, 0.717) is 17.0 Å². The van der Waals surface area contributed by atoms with Crippen molar-refractivity contribution < 1.29 is 9.00 Å². The lowest BCUT2D eigenvalue weighted by atomic mass is 10.2. The molecule has 0 radical (unpaired) electrons. The Morgan fingerprint density at radius 2 is 2.16 bits per heavy atom. The van der Waals surface area contributed by atoms with Crippen LogP contribution in [0, 0.1) is 11.3 Å². The highest BCUT2D eigenvalue weighted by Crippen LogP contribution is 2.14. The lowest BCUT2D eigenvalue weighted by Crippen LogP contribution is -2.30. The molecule has 1 amide bonds. The Morgan fingerprint density at radius 3 is 2.79 bits per heavy atom. The van der Waals surface area contributed by atoms with Crippen LogP contribution in [-0.4, -0.2) is 21.1 Å². The Hall–Kier alpha value is -1.67. The fourth-order valence-electron chi connectivity index (χ4n) is 1.51. The number of hydrogen-bond donors (Lipinski definition) is 1. The van der Waals surface area contributed by atoms with Crippen molar-refractivity contribution in [3.8, 4) is 6.07 Å². The molecule has 0 spiro atoms. The molecule has 2 atom stereocenters. The maximum atomic E-state index is 12.0. The molecule has 0 aliphatic rings. The molecular weight excluding hydrogens is 260 g/mol. The Balaban J connectivity index is 2.69. The number of nitrogens with one attached hydrogen (secondary N) is 1. The van der Waals surface area contributed by atoms with E-state index in [0.717, 1.165) is 12.8 Å². The molecule has 0 aliphatic heterocycles. The van der Waals surface area contributed by atoms with Gasteiger partial charge in [-0.25, -0.2) is 0 Å². The number of rotatable bonds is 6. The van der Waals surface area contributed by atoms with Gasteiger partial charge >= 0.3 is 0 Å². The van der Waals surface area contributed by atoms with Crippen molar-refractivity contribution in [1.29, 1.82) is 5.26 Å². The van der Waals surface area contributed by atoms with Gasteiger partial charge < -0.3 is 5.32 Å². The van der Waals surface area contributed by atoms with E-state index in [1.165, 1.54) is 0 Å². The summed E-state index contributed by atoms with van der Waals surface area (Å²) in [6.45, 7) is 3.67. The van der Waals surface area contributed by atoms with E-state index in [1.807, 2.05) is 13.0 Å². The van der Waals surface area contributed by atoms with Gasteiger partial charge in [0.1, 0.15) is 11.3 Å². The van der Waals surface area contributed by atoms with Crippen LogP contribution in [0.25, 0.3) is 0 Å². The molecule has 1 aromatic rings. The smallest absolute Gasteiger partial charge is 0.239 e. The number of para-hydroxylation sites is 1. The molecule has 102 valence electrons. The van der Waals surface area contributed by atoms with E-state index >= 15 is 0 Å². The molecule has 0 heterocycles. The van der Waals surface area contributed by atoms with Gasteiger partial charge in [-0.2, -0.15) is 5.26 Å². The predicted octanol–water partition coefficient (Wildman–Crippen LogP) is 2.43. The van der Waals surface area contributed by atoms with Crippen molar-refractivity contribution in [2.45, 2.75) is 31.9 Å². The van der Waals surface area contributed by atoms with E-state index in [1.54, 1.807) is 31.2 Å². The minimum Gasteiger partial charge on any atom is -0.324 e. The molecule has 0 fully saturated rings. The minimum absolute atomic E-state index is 0.308. The van der Waals surface area contributed by atoms with E-state index in [2.05, 4.69) is 5.32 Å². The Bertz CT molecular complexity index is 508. The first-order chi connectivity index (χ1) is 9.10. The standard InChI is InChI=1S/C14H18N2O2S/c1-3-4-9-19(18)11(2)14(17)16-13-8-6-5-7-12(13)10-15/h5-8,11H,3-4,9H2,1-2H3,(H,16,17). The highest BCUT2D eigenvalue weighted by Gasteiger charge is 2.20. The monoisotopic (exact) mass is 278 g/mol. The second kappa shape index (κ2) is 7.70. The van der Waals surface area contributed by atoms with Crippen LogP contribution >= 0.6 is 0 Å². The summed E-state index contributed by atoms with van der Waals surface area (Å²) in [5, 5.41) is 11.0. The number of carbonyl (C=O) groups is 1. The van der Waals surface area contributed by atoms with E-state index in [9.17, 15) is 9.00 Å². The van der Waals surface area contributed by atoms with Gasteiger partial charge in [0.15, 0.2) is 0 Å². The van der Waals surface area contributed by atoms with Crippen LogP contribution in [0.1, 0.15) is 32.3 Å². The van der Waals surface area contributed by atoms with Crippen LogP contribution in [0.5, 0.6) is 0 Å². The molecule has 0 bridgehead atoms. The molecule has 1 aromatic carbocycles. The van der Waals surface area contributed by atoms with Crippen molar-refractivity contribution in [2.24, 2.45) is 0 Å². The molecule has 0 saturated heterocycles. The lowest BCUT2D eigenvalue weighted by molar-refractivity contribution is -0.115. The molecule has 5 heteroatoms. The van der Waals surface area contributed by atoms with Crippen molar-refractivity contribution in [3.63, 3.8) is 0 Å². The molecule has 0 aromatic heterocycles. The third-order valence-corrected chi connectivity index (χ3v) is 4.46. The van der Waals surface area contributed by atoms with Crippen LogP contribution in [0.4, 0.5) is 5.69 Å². The third kappa shape index (κ3) is 4.49. The summed E-state index contributed by atoms with van der Waals surface area (Å²) in [5.41, 5.74) is 0.872. The number of nitrogens with zero attached hydrogens (tertiary/aromatic N) is 1. The number of benzene rings is 1. The van der Waals surface area contributed by atoms with Crippen LogP contribution < -0.4 is 5.32 Å². The van der Waals surface area contributed by atoms with Gasteiger partial charge in [0.05, 0.1) is 11.3 Å². The van der Waals surface area contributed by atoms with Crippen LogP contribution in [0.2, 0.25) is 0 Å². The normalized spacial score (nSPS) is 13.3.